The number of aromatic carboxylic acids is 1. The summed E-state index contributed by atoms with van der Waals surface area (Å²) >= 11 is 0. The van der Waals surface area contributed by atoms with E-state index in [9.17, 15) is 9.90 Å². The van der Waals surface area contributed by atoms with E-state index in [2.05, 4.69) is 5.32 Å². The van der Waals surface area contributed by atoms with Gasteiger partial charge in [0.05, 0.1) is 5.56 Å². The number of phenolic OH excluding ortho intramolecular Hbond substituents is 1. The van der Waals surface area contributed by atoms with Gasteiger partial charge in [-0.1, -0.05) is 0 Å². The predicted octanol–water partition coefficient (Wildman–Crippen LogP) is 1.82. The van der Waals surface area contributed by atoms with E-state index >= 15 is 0 Å². The lowest BCUT2D eigenvalue weighted by molar-refractivity contribution is 0.0696. The van der Waals surface area contributed by atoms with Crippen LogP contribution in [0.2, 0.25) is 0 Å². The summed E-state index contributed by atoms with van der Waals surface area (Å²) in [4.78, 5) is 10.9. The van der Waals surface area contributed by atoms with Gasteiger partial charge < -0.3 is 15.5 Å². The van der Waals surface area contributed by atoms with Gasteiger partial charge >= 0.3 is 5.97 Å². The van der Waals surface area contributed by atoms with Crippen LogP contribution in [0.1, 0.15) is 40.4 Å². The van der Waals surface area contributed by atoms with Crippen LogP contribution >= 0.6 is 0 Å². The molecule has 1 atom stereocenters. The van der Waals surface area contributed by atoms with Crippen molar-refractivity contribution in [2.75, 3.05) is 6.54 Å². The number of carboxylic acid groups (broad SMARTS) is 1. The van der Waals surface area contributed by atoms with E-state index in [1.807, 2.05) is 0 Å². The number of carboxylic acids is 1. The van der Waals surface area contributed by atoms with Gasteiger partial charge in [0.1, 0.15) is 5.75 Å². The van der Waals surface area contributed by atoms with Gasteiger partial charge in [0.2, 0.25) is 0 Å². The first-order chi connectivity index (χ1) is 7.59. The summed E-state index contributed by atoms with van der Waals surface area (Å²) in [6.07, 6.45) is 2.00. The van der Waals surface area contributed by atoms with Gasteiger partial charge in [-0.25, -0.2) is 4.79 Å². The molecule has 1 aliphatic rings. The molecule has 0 saturated carbocycles. The van der Waals surface area contributed by atoms with Crippen molar-refractivity contribution in [1.29, 1.82) is 0 Å². The third-order valence-corrected chi connectivity index (χ3v) is 3.01. The quantitative estimate of drug-likeness (QED) is 0.712. The van der Waals surface area contributed by atoms with Crippen LogP contribution in [-0.2, 0) is 0 Å². The lowest BCUT2D eigenvalue weighted by atomic mass is 9.98. The fraction of sp³-hybridized carbons (Fsp3) is 0.417. The Kier molecular flexibility index (Phi) is 2.83. The number of nitrogens with one attached hydrogen (secondary N) is 1. The average Bonchev–Trinajstić information content (AvgIpc) is 2.74. The summed E-state index contributed by atoms with van der Waals surface area (Å²) in [5, 5.41) is 22.2. The zero-order chi connectivity index (χ0) is 11.7. The van der Waals surface area contributed by atoms with Crippen molar-refractivity contribution in [3.8, 4) is 5.75 Å². The summed E-state index contributed by atoms with van der Waals surface area (Å²) in [6.45, 7) is 2.64. The standard InChI is InChI=1S/C12H15NO3/c1-7-5-8(12(15)16)6-9(11(7)14)10-3-2-4-13-10/h5-6,10,13-14H,2-4H2,1H3,(H,15,16)/t10-/m0/s1. The van der Waals surface area contributed by atoms with Crippen LogP contribution in [0.5, 0.6) is 5.75 Å². The Balaban J connectivity index is 2.45. The van der Waals surface area contributed by atoms with Crippen LogP contribution in [-0.4, -0.2) is 22.7 Å². The minimum absolute atomic E-state index is 0.0815. The Bertz CT molecular complexity index is 423. The van der Waals surface area contributed by atoms with Crippen molar-refractivity contribution in [3.05, 3.63) is 28.8 Å². The molecule has 16 heavy (non-hydrogen) atoms. The van der Waals surface area contributed by atoms with Crippen molar-refractivity contribution < 1.29 is 15.0 Å². The monoisotopic (exact) mass is 221 g/mol. The molecule has 0 bridgehead atoms. The highest BCUT2D eigenvalue weighted by atomic mass is 16.4. The fourth-order valence-corrected chi connectivity index (χ4v) is 2.15. The number of phenols is 1. The van der Waals surface area contributed by atoms with E-state index in [0.717, 1.165) is 19.4 Å². The topological polar surface area (TPSA) is 69.6 Å². The first-order valence-corrected chi connectivity index (χ1v) is 5.40. The van der Waals surface area contributed by atoms with Crippen molar-refractivity contribution in [3.63, 3.8) is 0 Å². The van der Waals surface area contributed by atoms with E-state index in [1.54, 1.807) is 13.0 Å². The third kappa shape index (κ3) is 1.88. The summed E-state index contributed by atoms with van der Waals surface area (Å²) in [6, 6.07) is 3.14. The molecule has 2 rings (SSSR count). The van der Waals surface area contributed by atoms with E-state index in [0.29, 0.717) is 11.1 Å². The Hall–Kier alpha value is -1.55. The SMILES string of the molecule is Cc1cc(C(=O)O)cc([C@@H]2CCCN2)c1O. The summed E-state index contributed by atoms with van der Waals surface area (Å²) in [7, 11) is 0. The van der Waals surface area contributed by atoms with E-state index in [4.69, 9.17) is 5.11 Å². The zero-order valence-electron chi connectivity index (χ0n) is 9.16. The highest BCUT2D eigenvalue weighted by Crippen LogP contribution is 2.33. The number of rotatable bonds is 2. The zero-order valence-corrected chi connectivity index (χ0v) is 9.16. The van der Waals surface area contributed by atoms with Gasteiger partial charge in [-0.2, -0.15) is 0 Å². The second kappa shape index (κ2) is 4.14. The molecule has 1 saturated heterocycles. The summed E-state index contributed by atoms with van der Waals surface area (Å²) < 4.78 is 0. The maximum atomic E-state index is 10.9. The minimum Gasteiger partial charge on any atom is -0.507 e. The largest absolute Gasteiger partial charge is 0.507 e. The van der Waals surface area contributed by atoms with Gasteiger partial charge in [0, 0.05) is 11.6 Å². The Morgan fingerprint density at radius 1 is 1.50 bits per heavy atom. The number of hydrogen-bond donors (Lipinski definition) is 3. The smallest absolute Gasteiger partial charge is 0.335 e. The van der Waals surface area contributed by atoms with E-state index in [1.165, 1.54) is 6.07 Å². The molecule has 86 valence electrons. The highest BCUT2D eigenvalue weighted by molar-refractivity contribution is 5.88. The van der Waals surface area contributed by atoms with Crippen molar-refractivity contribution in [2.45, 2.75) is 25.8 Å². The molecule has 0 unspecified atom stereocenters. The maximum absolute atomic E-state index is 10.9. The molecule has 4 heteroatoms. The summed E-state index contributed by atoms with van der Waals surface area (Å²) in [5.74, 6) is -0.744. The molecule has 4 nitrogen and oxygen atoms in total. The molecule has 0 aliphatic carbocycles. The first-order valence-electron chi connectivity index (χ1n) is 5.40. The fourth-order valence-electron chi connectivity index (χ4n) is 2.15. The number of benzene rings is 1. The maximum Gasteiger partial charge on any atom is 0.335 e. The van der Waals surface area contributed by atoms with Gasteiger partial charge in [0.25, 0.3) is 0 Å². The average molecular weight is 221 g/mol. The van der Waals surface area contributed by atoms with Gasteiger partial charge in [-0.05, 0) is 44.0 Å². The van der Waals surface area contributed by atoms with Gasteiger partial charge in [-0.3, -0.25) is 0 Å². The minimum atomic E-state index is -0.956. The molecule has 1 fully saturated rings. The van der Waals surface area contributed by atoms with Crippen molar-refractivity contribution in [1.82, 2.24) is 5.32 Å². The van der Waals surface area contributed by atoms with E-state index in [-0.39, 0.29) is 17.4 Å². The lowest BCUT2D eigenvalue weighted by Gasteiger charge is -2.15. The Morgan fingerprint density at radius 3 is 2.81 bits per heavy atom. The van der Waals surface area contributed by atoms with Crippen LogP contribution in [0.3, 0.4) is 0 Å². The number of carbonyl (C=O) groups is 1. The molecule has 1 aromatic carbocycles. The second-order valence-corrected chi connectivity index (χ2v) is 4.19. The number of aromatic hydroxyl groups is 1. The van der Waals surface area contributed by atoms with Crippen LogP contribution in [0, 0.1) is 6.92 Å². The van der Waals surface area contributed by atoms with Crippen LogP contribution in [0.25, 0.3) is 0 Å². The molecule has 1 heterocycles. The van der Waals surface area contributed by atoms with Crippen molar-refractivity contribution in [2.24, 2.45) is 0 Å². The molecule has 0 amide bonds. The molecule has 0 aromatic heterocycles. The summed E-state index contributed by atoms with van der Waals surface area (Å²) in [5.41, 5.74) is 1.55. The first kappa shape index (κ1) is 11.0. The van der Waals surface area contributed by atoms with E-state index < -0.39 is 5.97 Å². The number of hydrogen-bond acceptors (Lipinski definition) is 3. The molecule has 0 radical (unpaired) electrons. The predicted molar refractivity (Wildman–Crippen MR) is 59.8 cm³/mol. The van der Waals surface area contributed by atoms with Gasteiger partial charge in [0.15, 0.2) is 0 Å². The Morgan fingerprint density at radius 2 is 2.25 bits per heavy atom. The van der Waals surface area contributed by atoms with Crippen LogP contribution in [0.4, 0.5) is 0 Å². The molecule has 1 aliphatic heterocycles. The molecule has 0 spiro atoms. The second-order valence-electron chi connectivity index (χ2n) is 4.19. The lowest BCUT2D eigenvalue weighted by Crippen LogP contribution is -2.14. The third-order valence-electron chi connectivity index (χ3n) is 3.01. The Labute approximate surface area is 93.9 Å². The van der Waals surface area contributed by atoms with Gasteiger partial charge in [-0.15, -0.1) is 0 Å². The van der Waals surface area contributed by atoms with Crippen LogP contribution < -0.4 is 5.32 Å². The molecular weight excluding hydrogens is 206 g/mol. The normalized spacial score (nSPS) is 19.9. The molecule has 3 N–H and O–H groups in total. The molecule has 1 aromatic rings. The van der Waals surface area contributed by atoms with Crippen molar-refractivity contribution >= 4 is 5.97 Å². The molecular formula is C12H15NO3. The number of aryl methyl sites for hydroxylation is 1. The van der Waals surface area contributed by atoms with Crippen LogP contribution in [0.15, 0.2) is 12.1 Å². The highest BCUT2D eigenvalue weighted by Gasteiger charge is 2.22.